The molecule has 3 aromatic rings. The SMILES string of the molecule is Cc1nc2n(n1)CCCC2NC(=O)Nc1ccccc1Oc1ccccc1Cl. The second kappa shape index (κ2) is 7.90. The summed E-state index contributed by atoms with van der Waals surface area (Å²) in [4.78, 5) is 17.1. The van der Waals surface area contributed by atoms with Crippen LogP contribution in [0.15, 0.2) is 48.5 Å². The Morgan fingerprint density at radius 2 is 1.93 bits per heavy atom. The number of hydrogen-bond acceptors (Lipinski definition) is 4. The summed E-state index contributed by atoms with van der Waals surface area (Å²) in [5.41, 5.74) is 0.549. The topological polar surface area (TPSA) is 81.1 Å². The molecule has 1 aromatic heterocycles. The third-order valence-electron chi connectivity index (χ3n) is 4.48. The van der Waals surface area contributed by atoms with Gasteiger partial charge in [0.25, 0.3) is 0 Å². The first kappa shape index (κ1) is 18.3. The number of amides is 2. The lowest BCUT2D eigenvalue weighted by Crippen LogP contribution is -2.36. The summed E-state index contributed by atoms with van der Waals surface area (Å²) in [7, 11) is 0. The second-order valence-electron chi connectivity index (χ2n) is 6.56. The number of anilines is 1. The van der Waals surface area contributed by atoms with Gasteiger partial charge in [-0.15, -0.1) is 0 Å². The molecule has 1 aliphatic rings. The molecule has 144 valence electrons. The minimum Gasteiger partial charge on any atom is -0.454 e. The molecule has 28 heavy (non-hydrogen) atoms. The van der Waals surface area contributed by atoms with Crippen molar-refractivity contribution in [2.24, 2.45) is 0 Å². The van der Waals surface area contributed by atoms with E-state index < -0.39 is 0 Å². The Kier molecular flexibility index (Phi) is 5.16. The number of nitrogens with zero attached hydrogens (tertiary/aromatic N) is 3. The van der Waals surface area contributed by atoms with Gasteiger partial charge in [0, 0.05) is 6.54 Å². The largest absolute Gasteiger partial charge is 0.454 e. The average molecular weight is 398 g/mol. The number of nitrogens with one attached hydrogen (secondary N) is 2. The van der Waals surface area contributed by atoms with Gasteiger partial charge in [0.2, 0.25) is 0 Å². The molecule has 0 fully saturated rings. The van der Waals surface area contributed by atoms with E-state index in [4.69, 9.17) is 16.3 Å². The quantitative estimate of drug-likeness (QED) is 0.669. The normalized spacial score (nSPS) is 15.6. The van der Waals surface area contributed by atoms with Gasteiger partial charge in [0.15, 0.2) is 5.75 Å². The Bertz CT molecular complexity index is 1000. The zero-order valence-corrected chi connectivity index (χ0v) is 16.1. The standard InChI is InChI=1S/C20H20ClN5O2/c1-13-22-19-16(9-6-12-26(19)25-13)24-20(27)23-15-8-3-5-11-18(15)28-17-10-4-2-7-14(17)21/h2-5,7-8,10-11,16H,6,9,12H2,1H3,(H2,23,24,27). The van der Waals surface area contributed by atoms with Crippen molar-refractivity contribution in [3.05, 3.63) is 65.2 Å². The lowest BCUT2D eigenvalue weighted by molar-refractivity contribution is 0.244. The summed E-state index contributed by atoms with van der Waals surface area (Å²) >= 11 is 6.17. The van der Waals surface area contributed by atoms with Gasteiger partial charge in [0.05, 0.1) is 16.8 Å². The maximum atomic E-state index is 12.6. The van der Waals surface area contributed by atoms with Gasteiger partial charge in [-0.25, -0.2) is 14.5 Å². The smallest absolute Gasteiger partial charge is 0.319 e. The van der Waals surface area contributed by atoms with Gasteiger partial charge < -0.3 is 15.4 Å². The number of carbonyl (C=O) groups is 1. The number of benzene rings is 2. The minimum atomic E-state index is -0.325. The van der Waals surface area contributed by atoms with Gasteiger partial charge in [0.1, 0.15) is 17.4 Å². The van der Waals surface area contributed by atoms with Crippen molar-refractivity contribution in [3.8, 4) is 11.5 Å². The van der Waals surface area contributed by atoms with Gasteiger partial charge in [-0.1, -0.05) is 35.9 Å². The van der Waals surface area contributed by atoms with Crippen molar-refractivity contribution in [1.82, 2.24) is 20.1 Å². The maximum absolute atomic E-state index is 12.6. The first-order chi connectivity index (χ1) is 13.6. The van der Waals surface area contributed by atoms with E-state index in [1.54, 1.807) is 24.3 Å². The molecule has 1 unspecified atom stereocenters. The van der Waals surface area contributed by atoms with Gasteiger partial charge in [-0.05, 0) is 44.0 Å². The highest BCUT2D eigenvalue weighted by atomic mass is 35.5. The van der Waals surface area contributed by atoms with Gasteiger partial charge >= 0.3 is 6.03 Å². The summed E-state index contributed by atoms with van der Waals surface area (Å²) in [6.45, 7) is 2.68. The molecule has 7 nitrogen and oxygen atoms in total. The molecule has 0 saturated heterocycles. The van der Waals surface area contributed by atoms with Crippen molar-refractivity contribution >= 4 is 23.3 Å². The summed E-state index contributed by atoms with van der Waals surface area (Å²) in [6, 6.07) is 13.9. The van der Waals surface area contributed by atoms with Crippen LogP contribution in [-0.4, -0.2) is 20.8 Å². The fourth-order valence-corrected chi connectivity index (χ4v) is 3.40. The molecule has 8 heteroatoms. The van der Waals surface area contributed by atoms with Crippen LogP contribution in [0.1, 0.15) is 30.5 Å². The van der Waals surface area contributed by atoms with E-state index in [-0.39, 0.29) is 12.1 Å². The maximum Gasteiger partial charge on any atom is 0.319 e. The Labute approximate surface area is 167 Å². The molecule has 0 aliphatic carbocycles. The molecule has 2 heterocycles. The molecule has 2 N–H and O–H groups in total. The van der Waals surface area contributed by atoms with Gasteiger partial charge in [-0.2, -0.15) is 5.10 Å². The number of hydrogen-bond donors (Lipinski definition) is 2. The van der Waals surface area contributed by atoms with Crippen LogP contribution in [0, 0.1) is 6.92 Å². The Morgan fingerprint density at radius 1 is 1.18 bits per heavy atom. The van der Waals surface area contributed by atoms with Crippen molar-refractivity contribution in [2.45, 2.75) is 32.4 Å². The van der Waals surface area contributed by atoms with E-state index >= 15 is 0 Å². The van der Waals surface area contributed by atoms with Crippen molar-refractivity contribution < 1.29 is 9.53 Å². The van der Waals surface area contributed by atoms with E-state index in [2.05, 4.69) is 20.7 Å². The van der Waals surface area contributed by atoms with Gasteiger partial charge in [-0.3, -0.25) is 0 Å². The van der Waals surface area contributed by atoms with Crippen LogP contribution in [0.4, 0.5) is 10.5 Å². The number of urea groups is 1. The summed E-state index contributed by atoms with van der Waals surface area (Å²) in [5, 5.41) is 10.7. The predicted octanol–water partition coefficient (Wildman–Crippen LogP) is 4.69. The number of aryl methyl sites for hydroxylation is 2. The van der Waals surface area contributed by atoms with Crippen LogP contribution in [0.25, 0.3) is 0 Å². The molecule has 0 radical (unpaired) electrons. The average Bonchev–Trinajstić information content (AvgIpc) is 3.06. The van der Waals surface area contributed by atoms with E-state index in [0.717, 1.165) is 25.2 Å². The van der Waals surface area contributed by atoms with Crippen molar-refractivity contribution in [3.63, 3.8) is 0 Å². The summed E-state index contributed by atoms with van der Waals surface area (Å²) in [5.74, 6) is 2.53. The zero-order chi connectivity index (χ0) is 19.5. The minimum absolute atomic E-state index is 0.174. The molecular weight excluding hydrogens is 378 g/mol. The monoisotopic (exact) mass is 397 g/mol. The van der Waals surface area contributed by atoms with E-state index in [1.807, 2.05) is 35.9 Å². The molecule has 4 rings (SSSR count). The molecule has 0 bridgehead atoms. The number of halogens is 1. The first-order valence-electron chi connectivity index (χ1n) is 9.10. The number of aromatic nitrogens is 3. The molecule has 1 aliphatic heterocycles. The molecule has 1 atom stereocenters. The second-order valence-corrected chi connectivity index (χ2v) is 6.97. The Balaban J connectivity index is 1.48. The van der Waals surface area contributed by atoms with Crippen LogP contribution in [-0.2, 0) is 6.54 Å². The Hall–Kier alpha value is -3.06. The molecule has 0 saturated carbocycles. The fraction of sp³-hybridized carbons (Fsp3) is 0.250. The highest BCUT2D eigenvalue weighted by molar-refractivity contribution is 6.32. The number of carbonyl (C=O) groups excluding carboxylic acids is 1. The van der Waals surface area contributed by atoms with Crippen LogP contribution >= 0.6 is 11.6 Å². The Morgan fingerprint density at radius 3 is 2.75 bits per heavy atom. The fourth-order valence-electron chi connectivity index (χ4n) is 3.23. The van der Waals surface area contributed by atoms with Crippen molar-refractivity contribution in [1.29, 1.82) is 0 Å². The summed E-state index contributed by atoms with van der Waals surface area (Å²) < 4.78 is 7.75. The summed E-state index contributed by atoms with van der Waals surface area (Å²) in [6.07, 6.45) is 1.76. The third kappa shape index (κ3) is 3.94. The first-order valence-corrected chi connectivity index (χ1v) is 9.48. The molecule has 0 spiro atoms. The molecular formula is C20H20ClN5O2. The molecule has 2 aromatic carbocycles. The zero-order valence-electron chi connectivity index (χ0n) is 15.4. The van der Waals surface area contributed by atoms with Crippen LogP contribution in [0.2, 0.25) is 5.02 Å². The van der Waals surface area contributed by atoms with Crippen molar-refractivity contribution in [2.75, 3.05) is 5.32 Å². The number of ether oxygens (including phenoxy) is 1. The lowest BCUT2D eigenvalue weighted by atomic mass is 10.1. The van der Waals surface area contributed by atoms with Crippen LogP contribution < -0.4 is 15.4 Å². The highest BCUT2D eigenvalue weighted by Gasteiger charge is 2.25. The van der Waals surface area contributed by atoms with E-state index in [0.29, 0.717) is 28.0 Å². The van der Waals surface area contributed by atoms with Crippen LogP contribution in [0.3, 0.4) is 0 Å². The predicted molar refractivity (Wildman–Crippen MR) is 107 cm³/mol. The third-order valence-corrected chi connectivity index (χ3v) is 4.79. The van der Waals surface area contributed by atoms with E-state index in [9.17, 15) is 4.79 Å². The number of fused-ring (bicyclic) bond motifs is 1. The van der Waals surface area contributed by atoms with Crippen LogP contribution in [0.5, 0.6) is 11.5 Å². The highest BCUT2D eigenvalue weighted by Crippen LogP contribution is 2.33. The van der Waals surface area contributed by atoms with E-state index in [1.165, 1.54) is 0 Å². The number of para-hydroxylation sites is 3. The lowest BCUT2D eigenvalue weighted by Gasteiger charge is -2.23. The molecule has 2 amide bonds. The number of rotatable bonds is 4.